The summed E-state index contributed by atoms with van der Waals surface area (Å²) in [5.41, 5.74) is 1.83. The van der Waals surface area contributed by atoms with E-state index in [2.05, 4.69) is 9.88 Å². The Balaban J connectivity index is 1.60. The summed E-state index contributed by atoms with van der Waals surface area (Å²) in [6.45, 7) is 6.02. The highest BCUT2D eigenvalue weighted by molar-refractivity contribution is 5.79. The van der Waals surface area contributed by atoms with Crippen molar-refractivity contribution in [1.29, 1.82) is 0 Å². The third-order valence-electron chi connectivity index (χ3n) is 6.04. The van der Waals surface area contributed by atoms with Crippen molar-refractivity contribution in [2.24, 2.45) is 0 Å². The van der Waals surface area contributed by atoms with Crippen LogP contribution in [0.1, 0.15) is 31.7 Å². The van der Waals surface area contributed by atoms with E-state index < -0.39 is 17.5 Å². The third kappa shape index (κ3) is 4.60. The number of aryl methyl sites for hydroxylation is 1. The summed E-state index contributed by atoms with van der Waals surface area (Å²) < 4.78 is 51.9. The molecule has 34 heavy (non-hydrogen) atoms. The SMILES string of the molecule is COc1cc(N2C(C)CC(=O)N(Cc3cc(F)c(F)c(F)c3)CC2C)ccc1-c1cnc(C)o1. The maximum absolute atomic E-state index is 13.7. The lowest BCUT2D eigenvalue weighted by atomic mass is 10.1. The van der Waals surface area contributed by atoms with Gasteiger partial charge in [0.2, 0.25) is 5.91 Å². The maximum Gasteiger partial charge on any atom is 0.225 e. The second kappa shape index (κ2) is 9.40. The van der Waals surface area contributed by atoms with E-state index in [0.29, 0.717) is 23.9 Å². The molecule has 3 aromatic rings. The molecular weight excluding hydrogens is 447 g/mol. The molecule has 9 heteroatoms. The minimum atomic E-state index is -1.52. The van der Waals surface area contributed by atoms with Crippen molar-refractivity contribution in [3.05, 3.63) is 65.4 Å². The Kier molecular flexibility index (Phi) is 6.54. The van der Waals surface area contributed by atoms with Gasteiger partial charge in [-0.1, -0.05) is 0 Å². The summed E-state index contributed by atoms with van der Waals surface area (Å²) in [5.74, 6) is -2.44. The molecule has 0 bridgehead atoms. The summed E-state index contributed by atoms with van der Waals surface area (Å²) in [7, 11) is 1.58. The van der Waals surface area contributed by atoms with Crippen LogP contribution in [-0.4, -0.2) is 41.5 Å². The largest absolute Gasteiger partial charge is 0.496 e. The molecular formula is C25H26F3N3O3. The minimum absolute atomic E-state index is 0.00897. The zero-order valence-corrected chi connectivity index (χ0v) is 19.4. The zero-order valence-electron chi connectivity index (χ0n) is 19.4. The summed E-state index contributed by atoms with van der Waals surface area (Å²) in [6.07, 6.45) is 1.85. The van der Waals surface area contributed by atoms with Crippen LogP contribution in [0.5, 0.6) is 5.75 Å². The van der Waals surface area contributed by atoms with Gasteiger partial charge in [0, 0.05) is 50.3 Å². The number of carbonyl (C=O) groups is 1. The molecule has 2 atom stereocenters. The van der Waals surface area contributed by atoms with Crippen LogP contribution < -0.4 is 9.64 Å². The first-order valence-electron chi connectivity index (χ1n) is 11.0. The topological polar surface area (TPSA) is 58.8 Å². The quantitative estimate of drug-likeness (QED) is 0.483. The maximum atomic E-state index is 13.7. The highest BCUT2D eigenvalue weighted by Gasteiger charge is 2.32. The van der Waals surface area contributed by atoms with Gasteiger partial charge in [0.25, 0.3) is 0 Å². The number of aromatic nitrogens is 1. The molecule has 1 aliphatic rings. The lowest BCUT2D eigenvalue weighted by Gasteiger charge is -2.35. The van der Waals surface area contributed by atoms with Gasteiger partial charge in [-0.05, 0) is 43.7 Å². The van der Waals surface area contributed by atoms with Crippen molar-refractivity contribution in [3.63, 3.8) is 0 Å². The summed E-state index contributed by atoms with van der Waals surface area (Å²) >= 11 is 0. The van der Waals surface area contributed by atoms with Crippen molar-refractivity contribution < 1.29 is 27.1 Å². The first kappa shape index (κ1) is 23.7. The molecule has 180 valence electrons. The molecule has 0 spiro atoms. The van der Waals surface area contributed by atoms with Gasteiger partial charge in [-0.25, -0.2) is 18.2 Å². The van der Waals surface area contributed by atoms with E-state index in [1.807, 2.05) is 32.0 Å². The fraction of sp³-hybridized carbons (Fsp3) is 0.360. The van der Waals surface area contributed by atoms with Crippen LogP contribution in [0.15, 0.2) is 40.9 Å². The number of rotatable bonds is 5. The Morgan fingerprint density at radius 3 is 2.44 bits per heavy atom. The monoisotopic (exact) mass is 473 g/mol. The number of carbonyl (C=O) groups excluding carboxylic acids is 1. The van der Waals surface area contributed by atoms with Gasteiger partial charge in [0.1, 0.15) is 5.75 Å². The predicted octanol–water partition coefficient (Wildman–Crippen LogP) is 5.09. The second-order valence-electron chi connectivity index (χ2n) is 8.59. The highest BCUT2D eigenvalue weighted by atomic mass is 19.2. The predicted molar refractivity (Wildman–Crippen MR) is 121 cm³/mol. The van der Waals surface area contributed by atoms with E-state index in [4.69, 9.17) is 9.15 Å². The van der Waals surface area contributed by atoms with E-state index >= 15 is 0 Å². The van der Waals surface area contributed by atoms with Crippen LogP contribution in [-0.2, 0) is 11.3 Å². The molecule has 2 aromatic carbocycles. The van der Waals surface area contributed by atoms with E-state index in [1.54, 1.807) is 25.1 Å². The molecule has 1 aromatic heterocycles. The van der Waals surface area contributed by atoms with Gasteiger partial charge in [-0.2, -0.15) is 0 Å². The molecule has 2 unspecified atom stereocenters. The minimum Gasteiger partial charge on any atom is -0.496 e. The number of anilines is 1. The molecule has 1 fully saturated rings. The Labute approximate surface area is 195 Å². The smallest absolute Gasteiger partial charge is 0.225 e. The van der Waals surface area contributed by atoms with Gasteiger partial charge >= 0.3 is 0 Å². The molecule has 4 rings (SSSR count). The van der Waals surface area contributed by atoms with Crippen LogP contribution in [0, 0.1) is 24.4 Å². The standard InChI is InChI=1S/C25H26F3N3O3/c1-14-7-24(32)30(13-17-8-20(26)25(28)21(27)9-17)12-15(2)31(14)18-5-6-19(22(10-18)33-4)23-11-29-16(3)34-23/h5-6,8-11,14-15H,7,12-13H2,1-4H3. The fourth-order valence-electron chi connectivity index (χ4n) is 4.53. The lowest BCUT2D eigenvalue weighted by Crippen LogP contribution is -2.42. The summed E-state index contributed by atoms with van der Waals surface area (Å²) in [6, 6.07) is 7.33. The van der Waals surface area contributed by atoms with Crippen molar-refractivity contribution in [2.45, 2.75) is 45.8 Å². The molecule has 1 aliphatic heterocycles. The molecule has 1 saturated heterocycles. The Morgan fingerprint density at radius 2 is 1.82 bits per heavy atom. The van der Waals surface area contributed by atoms with Crippen molar-refractivity contribution >= 4 is 11.6 Å². The molecule has 0 aliphatic carbocycles. The van der Waals surface area contributed by atoms with Crippen molar-refractivity contribution in [1.82, 2.24) is 9.88 Å². The summed E-state index contributed by atoms with van der Waals surface area (Å²) in [4.78, 5) is 20.8. The highest BCUT2D eigenvalue weighted by Crippen LogP contribution is 2.36. The van der Waals surface area contributed by atoms with E-state index in [-0.39, 0.29) is 36.5 Å². The Hall–Kier alpha value is -3.49. The summed E-state index contributed by atoms with van der Waals surface area (Å²) in [5, 5.41) is 0. The van der Waals surface area contributed by atoms with Crippen LogP contribution in [0.4, 0.5) is 18.9 Å². The Bertz CT molecular complexity index is 1190. The number of nitrogens with zero attached hydrogens (tertiary/aromatic N) is 3. The number of oxazole rings is 1. The first-order chi connectivity index (χ1) is 16.2. The van der Waals surface area contributed by atoms with Crippen LogP contribution in [0.25, 0.3) is 11.3 Å². The number of hydrogen-bond acceptors (Lipinski definition) is 5. The molecule has 0 N–H and O–H groups in total. The number of benzene rings is 2. The van der Waals surface area contributed by atoms with E-state index in [9.17, 15) is 18.0 Å². The van der Waals surface area contributed by atoms with Gasteiger partial charge in [0.15, 0.2) is 29.1 Å². The molecule has 0 radical (unpaired) electrons. The van der Waals surface area contributed by atoms with Crippen LogP contribution >= 0.6 is 0 Å². The number of hydrogen-bond donors (Lipinski definition) is 0. The normalized spacial score (nSPS) is 18.9. The Morgan fingerprint density at radius 1 is 1.12 bits per heavy atom. The number of amides is 1. The van der Waals surface area contributed by atoms with E-state index in [0.717, 1.165) is 23.4 Å². The molecule has 2 heterocycles. The number of methoxy groups -OCH3 is 1. The second-order valence-corrected chi connectivity index (χ2v) is 8.59. The number of ether oxygens (including phenoxy) is 1. The third-order valence-corrected chi connectivity index (χ3v) is 6.04. The van der Waals surface area contributed by atoms with Crippen LogP contribution in [0.2, 0.25) is 0 Å². The van der Waals surface area contributed by atoms with Crippen LogP contribution in [0.3, 0.4) is 0 Å². The average molecular weight is 473 g/mol. The van der Waals surface area contributed by atoms with Gasteiger partial charge < -0.3 is 19.0 Å². The fourth-order valence-corrected chi connectivity index (χ4v) is 4.53. The molecule has 1 amide bonds. The van der Waals surface area contributed by atoms with E-state index in [1.165, 1.54) is 0 Å². The first-order valence-corrected chi connectivity index (χ1v) is 11.0. The lowest BCUT2D eigenvalue weighted by molar-refractivity contribution is -0.131. The van der Waals surface area contributed by atoms with Crippen molar-refractivity contribution in [2.75, 3.05) is 18.6 Å². The van der Waals surface area contributed by atoms with Crippen molar-refractivity contribution in [3.8, 4) is 17.1 Å². The average Bonchev–Trinajstić information content (AvgIpc) is 3.18. The van der Waals surface area contributed by atoms with Gasteiger partial charge in [-0.3, -0.25) is 4.79 Å². The zero-order chi connectivity index (χ0) is 24.6. The van der Waals surface area contributed by atoms with Gasteiger partial charge in [-0.15, -0.1) is 0 Å². The molecule has 0 saturated carbocycles. The number of halogens is 3. The molecule has 6 nitrogen and oxygen atoms in total. The van der Waals surface area contributed by atoms with Gasteiger partial charge in [0.05, 0.1) is 18.9 Å².